The Hall–Kier alpha value is -3.36. The molecule has 2 amide bonds. The number of hydrogen-bond acceptors (Lipinski definition) is 3. The van der Waals surface area contributed by atoms with E-state index in [-0.39, 0.29) is 24.2 Å². The maximum absolute atomic E-state index is 13.6. The SMILES string of the molecule is O=C(O)CCNC(=O)c1ccc(NC(=O)c2ccc(F)c(F)c2F)cc1. The van der Waals surface area contributed by atoms with E-state index >= 15 is 0 Å². The molecular weight excluding hydrogens is 353 g/mol. The van der Waals surface area contributed by atoms with Gasteiger partial charge in [0.05, 0.1) is 12.0 Å². The molecule has 0 heterocycles. The van der Waals surface area contributed by atoms with Crippen LogP contribution in [0, 0.1) is 17.5 Å². The monoisotopic (exact) mass is 366 g/mol. The van der Waals surface area contributed by atoms with Crippen molar-refractivity contribution in [3.05, 3.63) is 65.0 Å². The number of amides is 2. The zero-order valence-corrected chi connectivity index (χ0v) is 13.2. The number of nitrogens with one attached hydrogen (secondary N) is 2. The summed E-state index contributed by atoms with van der Waals surface area (Å²) in [6, 6.07) is 6.86. The first kappa shape index (κ1) is 19.0. The third-order valence-electron chi connectivity index (χ3n) is 3.31. The summed E-state index contributed by atoms with van der Waals surface area (Å²) in [5.74, 6) is -7.29. The van der Waals surface area contributed by atoms with Gasteiger partial charge in [-0.3, -0.25) is 14.4 Å². The van der Waals surface area contributed by atoms with Crippen LogP contribution < -0.4 is 10.6 Å². The number of halogens is 3. The van der Waals surface area contributed by atoms with Crippen LogP contribution in [0.4, 0.5) is 18.9 Å². The molecule has 6 nitrogen and oxygen atoms in total. The number of aliphatic carboxylic acids is 1. The molecule has 2 aromatic rings. The van der Waals surface area contributed by atoms with Crippen molar-refractivity contribution in [1.82, 2.24) is 5.32 Å². The van der Waals surface area contributed by atoms with Crippen molar-refractivity contribution in [2.24, 2.45) is 0 Å². The lowest BCUT2D eigenvalue weighted by Gasteiger charge is -2.08. The van der Waals surface area contributed by atoms with Crippen LogP contribution >= 0.6 is 0 Å². The van der Waals surface area contributed by atoms with E-state index in [2.05, 4.69) is 10.6 Å². The van der Waals surface area contributed by atoms with Crippen molar-refractivity contribution in [3.8, 4) is 0 Å². The molecule has 0 aromatic heterocycles. The summed E-state index contributed by atoms with van der Waals surface area (Å²) in [7, 11) is 0. The molecule has 0 atom stereocenters. The highest BCUT2D eigenvalue weighted by atomic mass is 19.2. The Morgan fingerprint density at radius 2 is 1.54 bits per heavy atom. The predicted molar refractivity (Wildman–Crippen MR) is 85.3 cm³/mol. The van der Waals surface area contributed by atoms with Gasteiger partial charge in [0.2, 0.25) is 0 Å². The van der Waals surface area contributed by atoms with Crippen LogP contribution in [0.5, 0.6) is 0 Å². The van der Waals surface area contributed by atoms with E-state index in [0.29, 0.717) is 6.07 Å². The Bertz CT molecular complexity index is 854. The summed E-state index contributed by atoms with van der Waals surface area (Å²) in [4.78, 5) is 34.1. The molecule has 0 spiro atoms. The van der Waals surface area contributed by atoms with Crippen LogP contribution in [0.1, 0.15) is 27.1 Å². The molecule has 136 valence electrons. The summed E-state index contributed by atoms with van der Waals surface area (Å²) in [6.45, 7) is -0.0396. The van der Waals surface area contributed by atoms with Gasteiger partial charge in [-0.05, 0) is 36.4 Å². The molecule has 0 fully saturated rings. The molecule has 0 unspecified atom stereocenters. The summed E-state index contributed by atoms with van der Waals surface area (Å²) >= 11 is 0. The van der Waals surface area contributed by atoms with Gasteiger partial charge >= 0.3 is 5.97 Å². The van der Waals surface area contributed by atoms with E-state index in [4.69, 9.17) is 5.11 Å². The first-order chi connectivity index (χ1) is 12.3. The third-order valence-corrected chi connectivity index (χ3v) is 3.31. The molecule has 0 bridgehead atoms. The van der Waals surface area contributed by atoms with Crippen LogP contribution in [0.3, 0.4) is 0 Å². The standard InChI is InChI=1S/C17H13F3N2O4/c18-12-6-5-11(14(19)15(12)20)17(26)22-10-3-1-9(2-4-10)16(25)21-8-7-13(23)24/h1-6H,7-8H2,(H,21,25)(H,22,26)(H,23,24). The maximum atomic E-state index is 13.6. The lowest BCUT2D eigenvalue weighted by atomic mass is 10.1. The molecule has 3 N–H and O–H groups in total. The van der Waals surface area contributed by atoms with Crippen molar-refractivity contribution in [3.63, 3.8) is 0 Å². The number of rotatable bonds is 6. The summed E-state index contributed by atoms with van der Waals surface area (Å²) in [5, 5.41) is 13.2. The second-order valence-corrected chi connectivity index (χ2v) is 5.15. The Morgan fingerprint density at radius 1 is 0.885 bits per heavy atom. The minimum absolute atomic E-state index is 0.0396. The molecule has 9 heteroatoms. The first-order valence-electron chi connectivity index (χ1n) is 7.34. The topological polar surface area (TPSA) is 95.5 Å². The van der Waals surface area contributed by atoms with E-state index < -0.39 is 40.8 Å². The molecule has 0 aliphatic rings. The Balaban J connectivity index is 2.03. The van der Waals surface area contributed by atoms with E-state index in [1.807, 2.05) is 0 Å². The van der Waals surface area contributed by atoms with E-state index in [1.54, 1.807) is 0 Å². The predicted octanol–water partition coefficient (Wildman–Crippen LogP) is 2.56. The van der Waals surface area contributed by atoms with Gasteiger partial charge in [-0.15, -0.1) is 0 Å². The van der Waals surface area contributed by atoms with E-state index in [9.17, 15) is 27.6 Å². The van der Waals surface area contributed by atoms with Crippen LogP contribution in [-0.2, 0) is 4.79 Å². The van der Waals surface area contributed by atoms with Crippen molar-refractivity contribution in [2.45, 2.75) is 6.42 Å². The molecular formula is C17H13F3N2O4. The lowest BCUT2D eigenvalue weighted by Crippen LogP contribution is -2.25. The van der Waals surface area contributed by atoms with Gasteiger partial charge in [-0.25, -0.2) is 13.2 Å². The van der Waals surface area contributed by atoms with Crippen LogP contribution in [0.15, 0.2) is 36.4 Å². The largest absolute Gasteiger partial charge is 0.481 e. The first-order valence-corrected chi connectivity index (χ1v) is 7.34. The third kappa shape index (κ3) is 4.59. The fourth-order valence-electron chi connectivity index (χ4n) is 1.99. The molecule has 0 aliphatic carbocycles. The number of carboxylic acid groups (broad SMARTS) is 1. The summed E-state index contributed by atoms with van der Waals surface area (Å²) in [6.07, 6.45) is -0.223. The number of benzene rings is 2. The summed E-state index contributed by atoms with van der Waals surface area (Å²) < 4.78 is 39.6. The molecule has 2 rings (SSSR count). The van der Waals surface area contributed by atoms with Crippen molar-refractivity contribution in [1.29, 1.82) is 0 Å². The quantitative estimate of drug-likeness (QED) is 0.685. The normalized spacial score (nSPS) is 10.3. The number of anilines is 1. The van der Waals surface area contributed by atoms with Gasteiger partial charge in [0.1, 0.15) is 0 Å². The van der Waals surface area contributed by atoms with Gasteiger partial charge in [0.15, 0.2) is 17.5 Å². The van der Waals surface area contributed by atoms with Gasteiger partial charge in [-0.2, -0.15) is 0 Å². The fourth-order valence-corrected chi connectivity index (χ4v) is 1.99. The van der Waals surface area contributed by atoms with Crippen molar-refractivity contribution >= 4 is 23.5 Å². The molecule has 0 radical (unpaired) electrons. The van der Waals surface area contributed by atoms with Crippen LogP contribution in [0.2, 0.25) is 0 Å². The van der Waals surface area contributed by atoms with Crippen molar-refractivity contribution < 1.29 is 32.7 Å². The molecule has 0 saturated heterocycles. The highest BCUT2D eigenvalue weighted by molar-refractivity contribution is 6.04. The fraction of sp³-hybridized carbons (Fsp3) is 0.118. The number of carbonyl (C=O) groups is 3. The van der Waals surface area contributed by atoms with Gasteiger partial charge < -0.3 is 15.7 Å². The number of carbonyl (C=O) groups excluding carboxylic acids is 2. The zero-order valence-electron chi connectivity index (χ0n) is 13.2. The highest BCUT2D eigenvalue weighted by Crippen LogP contribution is 2.17. The Kier molecular flexibility index (Phi) is 5.94. The second kappa shape index (κ2) is 8.15. The minimum Gasteiger partial charge on any atom is -0.481 e. The van der Waals surface area contributed by atoms with Crippen LogP contribution in [0.25, 0.3) is 0 Å². The lowest BCUT2D eigenvalue weighted by molar-refractivity contribution is -0.136. The van der Waals surface area contributed by atoms with Gasteiger partial charge in [-0.1, -0.05) is 0 Å². The van der Waals surface area contributed by atoms with Gasteiger partial charge in [0.25, 0.3) is 11.8 Å². The molecule has 2 aromatic carbocycles. The zero-order chi connectivity index (χ0) is 19.3. The van der Waals surface area contributed by atoms with E-state index in [0.717, 1.165) is 6.07 Å². The number of carboxylic acids is 1. The highest BCUT2D eigenvalue weighted by Gasteiger charge is 2.19. The Morgan fingerprint density at radius 3 is 2.15 bits per heavy atom. The average molecular weight is 366 g/mol. The van der Waals surface area contributed by atoms with E-state index in [1.165, 1.54) is 24.3 Å². The Labute approximate surface area is 145 Å². The molecule has 0 aliphatic heterocycles. The second-order valence-electron chi connectivity index (χ2n) is 5.15. The summed E-state index contributed by atoms with van der Waals surface area (Å²) in [5.41, 5.74) is -0.256. The minimum atomic E-state index is -1.74. The molecule has 0 saturated carbocycles. The van der Waals surface area contributed by atoms with Gasteiger partial charge in [0, 0.05) is 17.8 Å². The average Bonchev–Trinajstić information content (AvgIpc) is 2.60. The number of hydrogen-bond donors (Lipinski definition) is 3. The molecule has 26 heavy (non-hydrogen) atoms. The van der Waals surface area contributed by atoms with Crippen LogP contribution in [-0.4, -0.2) is 29.4 Å². The smallest absolute Gasteiger partial charge is 0.305 e. The maximum Gasteiger partial charge on any atom is 0.305 e. The van der Waals surface area contributed by atoms with Crippen molar-refractivity contribution in [2.75, 3.05) is 11.9 Å².